The van der Waals surface area contributed by atoms with Crippen LogP contribution < -0.4 is 0 Å². The van der Waals surface area contributed by atoms with E-state index in [0.717, 1.165) is 6.42 Å². The molecule has 2 heteroatoms. The van der Waals surface area contributed by atoms with Crippen LogP contribution in [-0.2, 0) is 19.3 Å². The predicted molar refractivity (Wildman–Crippen MR) is 43.5 cm³/mol. The average Bonchev–Trinajstić information content (AvgIpc) is 2.42. The van der Waals surface area contributed by atoms with Crippen molar-refractivity contribution in [2.75, 3.05) is 0 Å². The second-order valence-corrected chi connectivity index (χ2v) is 3.85. The molecule has 1 aliphatic rings. The highest BCUT2D eigenvalue weighted by Crippen LogP contribution is 2.27. The van der Waals surface area contributed by atoms with E-state index in [4.69, 9.17) is 0 Å². The second-order valence-electron chi connectivity index (χ2n) is 2.68. The Balaban J connectivity index is 2.37. The molecule has 0 spiro atoms. The normalized spacial score (nSPS) is 15.7. The first-order chi connectivity index (χ1) is 4.90. The summed E-state index contributed by atoms with van der Waals surface area (Å²) in [7, 11) is 0. The van der Waals surface area contributed by atoms with Crippen molar-refractivity contribution in [3.05, 3.63) is 15.6 Å². The van der Waals surface area contributed by atoms with Gasteiger partial charge in [-0.2, -0.15) is 0 Å². The van der Waals surface area contributed by atoms with Crippen LogP contribution in [0.15, 0.2) is 0 Å². The molecule has 0 unspecified atom stereocenters. The van der Waals surface area contributed by atoms with Gasteiger partial charge in [-0.05, 0) is 25.7 Å². The van der Waals surface area contributed by atoms with Crippen molar-refractivity contribution < 1.29 is 0 Å². The number of fused-ring (bicyclic) bond motifs is 1. The molecule has 0 atom stereocenters. The van der Waals surface area contributed by atoms with Gasteiger partial charge < -0.3 is 0 Å². The molecule has 0 amide bonds. The highest BCUT2D eigenvalue weighted by molar-refractivity contribution is 7.11. The number of thiazole rings is 1. The monoisotopic (exact) mass is 153 g/mol. The van der Waals surface area contributed by atoms with Crippen LogP contribution in [0, 0.1) is 0 Å². The summed E-state index contributed by atoms with van der Waals surface area (Å²) in [5, 5.41) is 1.32. The summed E-state index contributed by atoms with van der Waals surface area (Å²) in [4.78, 5) is 6.08. The highest BCUT2D eigenvalue weighted by atomic mass is 32.1. The summed E-state index contributed by atoms with van der Waals surface area (Å²) in [6.45, 7) is 2.17. The fraction of sp³-hybridized carbons (Fsp3) is 0.625. The zero-order valence-corrected chi connectivity index (χ0v) is 7.00. The number of nitrogens with zero attached hydrogens (tertiary/aromatic N) is 1. The van der Waals surface area contributed by atoms with Gasteiger partial charge in [0.2, 0.25) is 0 Å². The maximum absolute atomic E-state index is 4.53. The molecular formula is C8H11NS. The number of rotatable bonds is 1. The lowest BCUT2D eigenvalue weighted by atomic mass is 10.4. The molecule has 0 bridgehead atoms. The molecule has 1 aliphatic carbocycles. The Kier molecular flexibility index (Phi) is 1.49. The van der Waals surface area contributed by atoms with E-state index >= 15 is 0 Å². The summed E-state index contributed by atoms with van der Waals surface area (Å²) in [6.07, 6.45) is 4.95. The minimum absolute atomic E-state index is 1.11. The SMILES string of the molecule is CCc1nc2c(s1)CCC2. The minimum atomic E-state index is 1.11. The summed E-state index contributed by atoms with van der Waals surface area (Å²) >= 11 is 1.91. The quantitative estimate of drug-likeness (QED) is 0.602. The highest BCUT2D eigenvalue weighted by Gasteiger charge is 2.15. The van der Waals surface area contributed by atoms with Gasteiger partial charge in [0.05, 0.1) is 10.7 Å². The maximum atomic E-state index is 4.53. The van der Waals surface area contributed by atoms with E-state index in [9.17, 15) is 0 Å². The van der Waals surface area contributed by atoms with E-state index in [1.165, 1.54) is 30.0 Å². The molecule has 1 aromatic heterocycles. The second kappa shape index (κ2) is 2.35. The van der Waals surface area contributed by atoms with Crippen molar-refractivity contribution >= 4 is 11.3 Å². The van der Waals surface area contributed by atoms with E-state index in [0.29, 0.717) is 0 Å². The van der Waals surface area contributed by atoms with Crippen LogP contribution in [0.2, 0.25) is 0 Å². The Morgan fingerprint density at radius 2 is 2.40 bits per heavy atom. The largest absolute Gasteiger partial charge is 0.246 e. The fourth-order valence-corrected chi connectivity index (χ4v) is 2.49. The Morgan fingerprint density at radius 3 is 3.10 bits per heavy atom. The molecule has 0 radical (unpaired) electrons. The van der Waals surface area contributed by atoms with Gasteiger partial charge in [-0.3, -0.25) is 0 Å². The molecular weight excluding hydrogens is 142 g/mol. The Hall–Kier alpha value is -0.370. The topological polar surface area (TPSA) is 12.9 Å². The zero-order valence-electron chi connectivity index (χ0n) is 6.18. The lowest BCUT2D eigenvalue weighted by Gasteiger charge is -1.84. The summed E-state index contributed by atoms with van der Waals surface area (Å²) < 4.78 is 0. The van der Waals surface area contributed by atoms with Crippen molar-refractivity contribution in [1.29, 1.82) is 0 Å². The van der Waals surface area contributed by atoms with Gasteiger partial charge in [-0.1, -0.05) is 6.92 Å². The van der Waals surface area contributed by atoms with Gasteiger partial charge in [0, 0.05) is 4.88 Å². The molecule has 0 fully saturated rings. The first-order valence-corrected chi connectivity index (χ1v) is 4.69. The van der Waals surface area contributed by atoms with Crippen LogP contribution >= 0.6 is 11.3 Å². The van der Waals surface area contributed by atoms with Gasteiger partial charge in [-0.25, -0.2) is 4.98 Å². The van der Waals surface area contributed by atoms with Gasteiger partial charge >= 0.3 is 0 Å². The maximum Gasteiger partial charge on any atom is 0.0928 e. The smallest absolute Gasteiger partial charge is 0.0928 e. The Labute approximate surface area is 65.1 Å². The van der Waals surface area contributed by atoms with Crippen LogP contribution in [0.3, 0.4) is 0 Å². The molecule has 0 saturated carbocycles. The number of aromatic nitrogens is 1. The van der Waals surface area contributed by atoms with Crippen LogP contribution in [-0.4, -0.2) is 4.98 Å². The first-order valence-electron chi connectivity index (χ1n) is 3.87. The number of hydrogen-bond donors (Lipinski definition) is 0. The van der Waals surface area contributed by atoms with Gasteiger partial charge in [0.1, 0.15) is 0 Å². The third-order valence-corrected chi connectivity index (χ3v) is 3.24. The van der Waals surface area contributed by atoms with E-state index < -0.39 is 0 Å². The van der Waals surface area contributed by atoms with Crippen LogP contribution in [0.25, 0.3) is 0 Å². The third kappa shape index (κ3) is 0.870. The standard InChI is InChI=1S/C8H11NS/c1-2-8-9-6-4-3-5-7(6)10-8/h2-5H2,1H3. The minimum Gasteiger partial charge on any atom is -0.246 e. The lowest BCUT2D eigenvalue weighted by Crippen LogP contribution is -1.80. The van der Waals surface area contributed by atoms with E-state index in [1.807, 2.05) is 11.3 Å². The van der Waals surface area contributed by atoms with Crippen LogP contribution in [0.4, 0.5) is 0 Å². The molecule has 0 aromatic carbocycles. The van der Waals surface area contributed by atoms with Gasteiger partial charge in [0.25, 0.3) is 0 Å². The molecule has 1 nitrogen and oxygen atoms in total. The van der Waals surface area contributed by atoms with E-state index in [-0.39, 0.29) is 0 Å². The third-order valence-electron chi connectivity index (χ3n) is 1.94. The van der Waals surface area contributed by atoms with E-state index in [1.54, 1.807) is 4.88 Å². The molecule has 0 saturated heterocycles. The molecule has 1 heterocycles. The number of hydrogen-bond acceptors (Lipinski definition) is 2. The Morgan fingerprint density at radius 1 is 1.50 bits per heavy atom. The van der Waals surface area contributed by atoms with Crippen molar-refractivity contribution in [2.24, 2.45) is 0 Å². The molecule has 54 valence electrons. The average molecular weight is 153 g/mol. The number of aryl methyl sites for hydroxylation is 3. The summed E-state index contributed by atoms with van der Waals surface area (Å²) in [5.74, 6) is 0. The van der Waals surface area contributed by atoms with Gasteiger partial charge in [0.15, 0.2) is 0 Å². The fourth-order valence-electron chi connectivity index (χ4n) is 1.40. The molecule has 2 rings (SSSR count). The van der Waals surface area contributed by atoms with Gasteiger partial charge in [-0.15, -0.1) is 11.3 Å². The molecule has 0 aliphatic heterocycles. The first kappa shape index (κ1) is 6.35. The van der Waals surface area contributed by atoms with Crippen molar-refractivity contribution in [2.45, 2.75) is 32.6 Å². The predicted octanol–water partition coefficient (Wildman–Crippen LogP) is 2.19. The van der Waals surface area contributed by atoms with Crippen LogP contribution in [0.1, 0.15) is 28.9 Å². The molecule has 0 N–H and O–H groups in total. The zero-order chi connectivity index (χ0) is 6.97. The molecule has 10 heavy (non-hydrogen) atoms. The van der Waals surface area contributed by atoms with Crippen LogP contribution in [0.5, 0.6) is 0 Å². The lowest BCUT2D eigenvalue weighted by molar-refractivity contribution is 0.891. The molecule has 1 aromatic rings. The van der Waals surface area contributed by atoms with Crippen molar-refractivity contribution in [3.63, 3.8) is 0 Å². The van der Waals surface area contributed by atoms with Crippen molar-refractivity contribution in [3.8, 4) is 0 Å². The van der Waals surface area contributed by atoms with E-state index in [2.05, 4.69) is 11.9 Å². The Bertz CT molecular complexity index is 218. The summed E-state index contributed by atoms with van der Waals surface area (Å²) in [6, 6.07) is 0. The summed E-state index contributed by atoms with van der Waals surface area (Å²) in [5.41, 5.74) is 1.39. The van der Waals surface area contributed by atoms with Crippen molar-refractivity contribution in [1.82, 2.24) is 4.98 Å².